The molecule has 0 saturated carbocycles. The molecule has 0 spiro atoms. The Kier molecular flexibility index (Phi) is 6.48. The van der Waals surface area contributed by atoms with Crippen molar-refractivity contribution in [3.8, 4) is 21.9 Å². The molecule has 4 aromatic heterocycles. The molecule has 9 nitrogen and oxygen atoms in total. The van der Waals surface area contributed by atoms with Crippen LogP contribution in [0, 0.1) is 18.8 Å². The first kappa shape index (κ1) is 25.4. The predicted octanol–water partition coefficient (Wildman–Crippen LogP) is 5.19. The lowest BCUT2D eigenvalue weighted by Gasteiger charge is -2.23. The van der Waals surface area contributed by atoms with Crippen molar-refractivity contribution in [2.75, 3.05) is 24.7 Å². The van der Waals surface area contributed by atoms with Gasteiger partial charge in [0.1, 0.15) is 5.82 Å². The van der Waals surface area contributed by atoms with Crippen molar-refractivity contribution in [1.82, 2.24) is 20.1 Å². The fourth-order valence-corrected chi connectivity index (χ4v) is 9.04. The van der Waals surface area contributed by atoms with Crippen LogP contribution in [0.25, 0.3) is 32.0 Å². The topological polar surface area (TPSA) is 134 Å². The Labute approximate surface area is 225 Å². The molecule has 0 radical (unpaired) electrons. The molecule has 1 atom stereocenters. The van der Waals surface area contributed by atoms with E-state index in [0.29, 0.717) is 46.7 Å². The molecule has 2 aliphatic rings. The molecular formula is C27H31N5O4S2. The lowest BCUT2D eigenvalue weighted by molar-refractivity contribution is 0.0639. The van der Waals surface area contributed by atoms with Crippen molar-refractivity contribution in [1.29, 1.82) is 0 Å². The smallest absolute Gasteiger partial charge is 0.260 e. The SMILES string of the molecule is Cc1noc(-c2c(CCC3CCOCC3)nc3c(c2-c2cc4ccnc(N)c4s2)S(=O)(=O)CC3C(C)C)n1. The van der Waals surface area contributed by atoms with Crippen molar-refractivity contribution in [2.45, 2.75) is 57.3 Å². The molecule has 1 saturated heterocycles. The van der Waals surface area contributed by atoms with E-state index in [0.717, 1.165) is 53.1 Å². The van der Waals surface area contributed by atoms with Gasteiger partial charge >= 0.3 is 0 Å². The molecule has 2 aliphatic heterocycles. The zero-order chi connectivity index (χ0) is 26.6. The largest absolute Gasteiger partial charge is 0.383 e. The van der Waals surface area contributed by atoms with Gasteiger partial charge in [0.25, 0.3) is 5.89 Å². The van der Waals surface area contributed by atoms with Gasteiger partial charge < -0.3 is 15.0 Å². The summed E-state index contributed by atoms with van der Waals surface area (Å²) in [5.41, 5.74) is 8.88. The van der Waals surface area contributed by atoms with Gasteiger partial charge in [-0.25, -0.2) is 13.4 Å². The molecule has 6 rings (SSSR count). The van der Waals surface area contributed by atoms with Gasteiger partial charge in [0, 0.05) is 35.8 Å². The molecule has 4 aromatic rings. The number of hydrogen-bond donors (Lipinski definition) is 1. The number of rotatable bonds is 6. The molecule has 1 fully saturated rings. The normalized spacial score (nSPS) is 19.4. The highest BCUT2D eigenvalue weighted by Gasteiger charge is 2.43. The second kappa shape index (κ2) is 9.69. The minimum Gasteiger partial charge on any atom is -0.383 e. The monoisotopic (exact) mass is 553 g/mol. The van der Waals surface area contributed by atoms with Gasteiger partial charge in [0.2, 0.25) is 0 Å². The number of ether oxygens (including phenoxy) is 1. The van der Waals surface area contributed by atoms with Gasteiger partial charge in [-0.05, 0) is 62.0 Å². The standard InChI is InChI=1S/C27H31N5O4S2/c1-14(2)18-13-38(33,34)25-22(20-12-17-6-9-29-26(28)24(17)37-20)21(27-30-15(3)32-36-27)19(31-23(18)25)5-4-16-7-10-35-11-8-16/h6,9,12,14,16,18H,4-5,7-8,10-11,13H2,1-3H3,(H2,28,29). The van der Waals surface area contributed by atoms with Crippen LogP contribution in [0.2, 0.25) is 0 Å². The number of thiophene rings is 1. The van der Waals surface area contributed by atoms with E-state index in [-0.39, 0.29) is 22.5 Å². The second-order valence-corrected chi connectivity index (χ2v) is 13.6. The first-order valence-electron chi connectivity index (χ1n) is 13.0. The number of anilines is 1. The van der Waals surface area contributed by atoms with E-state index in [9.17, 15) is 8.42 Å². The summed E-state index contributed by atoms with van der Waals surface area (Å²) in [5.74, 6) is 1.70. The summed E-state index contributed by atoms with van der Waals surface area (Å²) in [6.07, 6.45) is 5.30. The van der Waals surface area contributed by atoms with E-state index < -0.39 is 9.84 Å². The van der Waals surface area contributed by atoms with Gasteiger partial charge in [-0.3, -0.25) is 4.98 Å². The van der Waals surface area contributed by atoms with Crippen molar-refractivity contribution < 1.29 is 17.7 Å². The number of nitrogen functional groups attached to an aromatic ring is 1. The van der Waals surface area contributed by atoms with E-state index in [1.807, 2.05) is 12.1 Å². The molecule has 0 aromatic carbocycles. The fraction of sp³-hybridized carbons (Fsp3) is 0.481. The number of hydrogen-bond acceptors (Lipinski definition) is 10. The Hall–Kier alpha value is -2.89. The van der Waals surface area contributed by atoms with Crippen molar-refractivity contribution in [3.63, 3.8) is 0 Å². The predicted molar refractivity (Wildman–Crippen MR) is 147 cm³/mol. The van der Waals surface area contributed by atoms with Crippen molar-refractivity contribution in [3.05, 3.63) is 35.5 Å². The highest BCUT2D eigenvalue weighted by Crippen LogP contribution is 2.50. The fourth-order valence-electron chi connectivity index (χ4n) is 5.64. The Balaban J connectivity index is 1.64. The molecule has 2 N–H and O–H groups in total. The highest BCUT2D eigenvalue weighted by atomic mass is 32.2. The van der Waals surface area contributed by atoms with E-state index >= 15 is 0 Å². The zero-order valence-electron chi connectivity index (χ0n) is 21.7. The van der Waals surface area contributed by atoms with Crippen LogP contribution >= 0.6 is 11.3 Å². The van der Waals surface area contributed by atoms with Gasteiger partial charge in [-0.1, -0.05) is 19.0 Å². The van der Waals surface area contributed by atoms with Crippen LogP contribution in [0.4, 0.5) is 5.82 Å². The third-order valence-electron chi connectivity index (χ3n) is 7.70. The average molecular weight is 554 g/mol. The first-order chi connectivity index (χ1) is 18.2. The highest BCUT2D eigenvalue weighted by molar-refractivity contribution is 7.92. The second-order valence-electron chi connectivity index (χ2n) is 10.6. The number of sulfone groups is 1. The number of pyridine rings is 2. The molecule has 1 unspecified atom stereocenters. The van der Waals surface area contributed by atoms with Crippen LogP contribution in [0.3, 0.4) is 0 Å². The van der Waals surface area contributed by atoms with Crippen LogP contribution in [0.15, 0.2) is 27.7 Å². The number of nitrogens with zero attached hydrogens (tertiary/aromatic N) is 4. The molecule has 11 heteroatoms. The van der Waals surface area contributed by atoms with Gasteiger partial charge in [-0.2, -0.15) is 4.98 Å². The average Bonchev–Trinajstić information content (AvgIpc) is 3.58. The molecule has 38 heavy (non-hydrogen) atoms. The zero-order valence-corrected chi connectivity index (χ0v) is 23.4. The molecule has 0 aliphatic carbocycles. The Morgan fingerprint density at radius 1 is 1.18 bits per heavy atom. The number of nitrogens with two attached hydrogens (primary N) is 1. The summed E-state index contributed by atoms with van der Waals surface area (Å²) in [4.78, 5) is 15.0. The number of aryl methyl sites for hydroxylation is 2. The maximum absolute atomic E-state index is 13.8. The summed E-state index contributed by atoms with van der Waals surface area (Å²) in [5, 5.41) is 4.95. The Bertz CT molecular complexity index is 1620. The molecule has 200 valence electrons. The van der Waals surface area contributed by atoms with Crippen LogP contribution in [0.1, 0.15) is 56.2 Å². The van der Waals surface area contributed by atoms with Gasteiger partial charge in [-0.15, -0.1) is 11.3 Å². The van der Waals surface area contributed by atoms with E-state index in [2.05, 4.69) is 29.0 Å². The van der Waals surface area contributed by atoms with Crippen LogP contribution < -0.4 is 5.73 Å². The maximum atomic E-state index is 13.8. The first-order valence-corrected chi connectivity index (χ1v) is 15.5. The third-order valence-corrected chi connectivity index (χ3v) is 10.7. The summed E-state index contributed by atoms with van der Waals surface area (Å²) >= 11 is 1.44. The molecular weight excluding hydrogens is 522 g/mol. The summed E-state index contributed by atoms with van der Waals surface area (Å²) < 4.78 is 39.7. The summed E-state index contributed by atoms with van der Waals surface area (Å²) in [6.45, 7) is 7.41. The lowest BCUT2D eigenvalue weighted by atomic mass is 9.89. The quantitative estimate of drug-likeness (QED) is 0.342. The van der Waals surface area contributed by atoms with Gasteiger partial charge in [0.05, 0.1) is 32.3 Å². The Morgan fingerprint density at radius 3 is 2.66 bits per heavy atom. The molecule has 0 bridgehead atoms. The van der Waals surface area contributed by atoms with E-state index in [1.165, 1.54) is 11.3 Å². The minimum atomic E-state index is -3.61. The maximum Gasteiger partial charge on any atom is 0.260 e. The lowest BCUT2D eigenvalue weighted by Crippen LogP contribution is -2.17. The van der Waals surface area contributed by atoms with Crippen LogP contribution in [0.5, 0.6) is 0 Å². The van der Waals surface area contributed by atoms with Gasteiger partial charge in [0.15, 0.2) is 15.7 Å². The number of aromatic nitrogens is 4. The summed E-state index contributed by atoms with van der Waals surface area (Å²) in [7, 11) is -3.61. The summed E-state index contributed by atoms with van der Waals surface area (Å²) in [6, 6.07) is 3.88. The van der Waals surface area contributed by atoms with E-state index in [1.54, 1.807) is 13.1 Å². The molecule has 6 heterocycles. The molecule has 0 amide bonds. The Morgan fingerprint density at radius 2 is 1.97 bits per heavy atom. The number of fused-ring (bicyclic) bond motifs is 2. The minimum absolute atomic E-state index is 0.0420. The van der Waals surface area contributed by atoms with Crippen molar-refractivity contribution in [2.24, 2.45) is 11.8 Å². The van der Waals surface area contributed by atoms with E-state index in [4.69, 9.17) is 20.0 Å². The van der Waals surface area contributed by atoms with Crippen LogP contribution in [-0.2, 0) is 21.0 Å². The van der Waals surface area contributed by atoms with Crippen LogP contribution in [-0.4, -0.2) is 47.5 Å². The van der Waals surface area contributed by atoms with Crippen molar-refractivity contribution >= 4 is 37.1 Å². The third kappa shape index (κ3) is 4.40.